The number of hydrogen-bond acceptors (Lipinski definition) is 4. The molecule has 0 saturated heterocycles. The van der Waals surface area contributed by atoms with E-state index in [2.05, 4.69) is 15.5 Å². The van der Waals surface area contributed by atoms with E-state index in [9.17, 15) is 13.2 Å². The van der Waals surface area contributed by atoms with Gasteiger partial charge in [-0.05, 0) is 18.8 Å². The molecule has 1 rings (SSSR count). The van der Waals surface area contributed by atoms with Gasteiger partial charge in [-0.2, -0.15) is 5.10 Å². The molecule has 0 aliphatic rings. The summed E-state index contributed by atoms with van der Waals surface area (Å²) in [5.41, 5.74) is 0.0468. The van der Waals surface area contributed by atoms with Gasteiger partial charge in [-0.25, -0.2) is 13.6 Å². The first-order valence-corrected chi connectivity index (χ1v) is 8.44. The zero-order valence-corrected chi connectivity index (χ0v) is 14.0. The van der Waals surface area contributed by atoms with Crippen molar-refractivity contribution in [3.8, 4) is 0 Å². The molecule has 0 spiro atoms. The number of nitrogens with two attached hydrogens (primary N) is 1. The number of H-pyrrole nitrogens is 1. The van der Waals surface area contributed by atoms with Crippen LogP contribution < -0.4 is 10.5 Å². The van der Waals surface area contributed by atoms with Gasteiger partial charge in [-0.1, -0.05) is 34.1 Å². The van der Waals surface area contributed by atoms with E-state index in [0.717, 1.165) is 0 Å². The highest BCUT2D eigenvalue weighted by atomic mass is 32.2. The van der Waals surface area contributed by atoms with Crippen LogP contribution in [-0.4, -0.2) is 30.6 Å². The summed E-state index contributed by atoms with van der Waals surface area (Å²) in [5, 5.41) is 14.4. The first-order chi connectivity index (χ1) is 9.48. The Bertz CT molecular complexity index is 614. The Morgan fingerprint density at radius 3 is 2.43 bits per heavy atom. The van der Waals surface area contributed by atoms with Crippen molar-refractivity contribution in [3.63, 3.8) is 0 Å². The number of carbonyl (C=O) groups is 1. The first-order valence-electron chi connectivity index (χ1n) is 6.89. The van der Waals surface area contributed by atoms with Gasteiger partial charge in [0.25, 0.3) is 5.91 Å². The third-order valence-corrected chi connectivity index (χ3v) is 4.45. The molecule has 0 radical (unpaired) electrons. The van der Waals surface area contributed by atoms with Gasteiger partial charge in [0.15, 0.2) is 5.69 Å². The smallest absolute Gasteiger partial charge is 0.273 e. The number of sulfonamides is 1. The molecule has 1 heterocycles. The second kappa shape index (κ2) is 6.15. The molecule has 1 amide bonds. The van der Waals surface area contributed by atoms with Crippen molar-refractivity contribution in [1.82, 2.24) is 15.5 Å². The monoisotopic (exact) mass is 316 g/mol. The summed E-state index contributed by atoms with van der Waals surface area (Å²) < 4.78 is 23.5. The van der Waals surface area contributed by atoms with Gasteiger partial charge in [0.1, 0.15) is 4.90 Å². The molecule has 1 atom stereocenters. The first kappa shape index (κ1) is 17.6. The molecule has 0 aromatic carbocycles. The summed E-state index contributed by atoms with van der Waals surface area (Å²) in [6.45, 7) is 9.69. The Hall–Kier alpha value is -1.41. The second-order valence-electron chi connectivity index (χ2n) is 6.24. The van der Waals surface area contributed by atoms with Crippen molar-refractivity contribution in [3.05, 3.63) is 11.4 Å². The van der Waals surface area contributed by atoms with Gasteiger partial charge >= 0.3 is 0 Å². The third kappa shape index (κ3) is 4.28. The number of nitrogens with zero attached hydrogens (tertiary/aromatic N) is 1. The van der Waals surface area contributed by atoms with Gasteiger partial charge in [0.2, 0.25) is 10.0 Å². The molecule has 1 unspecified atom stereocenters. The van der Waals surface area contributed by atoms with E-state index in [1.54, 1.807) is 0 Å². The van der Waals surface area contributed by atoms with Crippen LogP contribution in [0.3, 0.4) is 0 Å². The van der Waals surface area contributed by atoms with Crippen molar-refractivity contribution in [2.45, 2.75) is 58.4 Å². The number of rotatable bonds is 5. The van der Waals surface area contributed by atoms with Crippen LogP contribution in [0.4, 0.5) is 0 Å². The van der Waals surface area contributed by atoms with Crippen molar-refractivity contribution >= 4 is 15.9 Å². The van der Waals surface area contributed by atoms with Crippen LogP contribution in [-0.2, 0) is 16.4 Å². The molecule has 0 saturated carbocycles. The maximum Gasteiger partial charge on any atom is 0.273 e. The number of aromatic nitrogens is 2. The SMILES string of the molecule is CCCc1[nH]nc(C(=O)NC(C)C(C)(C)C)c1S(N)(=O)=O. The van der Waals surface area contributed by atoms with Crippen LogP contribution in [0.15, 0.2) is 4.90 Å². The normalized spacial score (nSPS) is 14.0. The largest absolute Gasteiger partial charge is 0.348 e. The molecular weight excluding hydrogens is 292 g/mol. The van der Waals surface area contributed by atoms with Gasteiger partial charge in [0.05, 0.1) is 5.69 Å². The summed E-state index contributed by atoms with van der Waals surface area (Å²) in [7, 11) is -4.01. The quantitative estimate of drug-likeness (QED) is 0.755. The van der Waals surface area contributed by atoms with Crippen molar-refractivity contribution in [2.75, 3.05) is 0 Å². The van der Waals surface area contributed by atoms with E-state index in [0.29, 0.717) is 18.5 Å². The minimum atomic E-state index is -4.01. The third-order valence-electron chi connectivity index (χ3n) is 3.44. The van der Waals surface area contributed by atoms with Gasteiger partial charge in [0, 0.05) is 6.04 Å². The van der Waals surface area contributed by atoms with Crippen LogP contribution >= 0.6 is 0 Å². The Morgan fingerprint density at radius 2 is 2.00 bits per heavy atom. The predicted molar refractivity (Wildman–Crippen MR) is 80.3 cm³/mol. The summed E-state index contributed by atoms with van der Waals surface area (Å²) in [6, 6.07) is -0.148. The zero-order valence-electron chi connectivity index (χ0n) is 13.1. The molecule has 0 bridgehead atoms. The number of aryl methyl sites for hydroxylation is 1. The van der Waals surface area contributed by atoms with Crippen molar-refractivity contribution in [2.24, 2.45) is 10.6 Å². The lowest BCUT2D eigenvalue weighted by atomic mass is 9.88. The highest BCUT2D eigenvalue weighted by molar-refractivity contribution is 7.89. The van der Waals surface area contributed by atoms with Crippen LogP contribution in [0, 0.1) is 5.41 Å². The average Bonchev–Trinajstić information content (AvgIpc) is 2.71. The van der Waals surface area contributed by atoms with Crippen molar-refractivity contribution in [1.29, 1.82) is 0 Å². The van der Waals surface area contributed by atoms with Gasteiger partial charge in [-0.15, -0.1) is 0 Å². The number of primary sulfonamides is 1. The fraction of sp³-hybridized carbons (Fsp3) is 0.692. The van der Waals surface area contributed by atoms with E-state index >= 15 is 0 Å². The van der Waals surface area contributed by atoms with Crippen LogP contribution in [0.5, 0.6) is 0 Å². The van der Waals surface area contributed by atoms with E-state index in [4.69, 9.17) is 5.14 Å². The fourth-order valence-corrected chi connectivity index (χ4v) is 2.63. The van der Waals surface area contributed by atoms with Gasteiger partial charge < -0.3 is 5.32 Å². The number of nitrogens with one attached hydrogen (secondary N) is 2. The van der Waals surface area contributed by atoms with Gasteiger partial charge in [-0.3, -0.25) is 9.89 Å². The lowest BCUT2D eigenvalue weighted by molar-refractivity contribution is 0.0901. The highest BCUT2D eigenvalue weighted by Crippen LogP contribution is 2.21. The number of hydrogen-bond donors (Lipinski definition) is 3. The number of amides is 1. The minimum absolute atomic E-state index is 0.148. The predicted octanol–water partition coefficient (Wildman–Crippen LogP) is 1.17. The molecule has 4 N–H and O–H groups in total. The molecule has 120 valence electrons. The van der Waals surface area contributed by atoms with Crippen molar-refractivity contribution < 1.29 is 13.2 Å². The Labute approximate surface area is 125 Å². The molecule has 1 aromatic rings. The Kier molecular flexibility index (Phi) is 5.16. The second-order valence-corrected chi connectivity index (χ2v) is 7.73. The average molecular weight is 316 g/mol. The molecule has 7 nitrogen and oxygen atoms in total. The van der Waals surface area contributed by atoms with E-state index < -0.39 is 15.9 Å². The standard InChI is InChI=1S/C13H24N4O3S/c1-6-7-9-11(21(14,19)20)10(17-16-9)12(18)15-8(2)13(3,4)5/h8H,6-7H2,1-5H3,(H,15,18)(H,16,17)(H2,14,19,20). The maximum absolute atomic E-state index is 12.3. The van der Waals surface area contributed by atoms with E-state index in [-0.39, 0.29) is 22.0 Å². The Balaban J connectivity index is 3.17. The lowest BCUT2D eigenvalue weighted by Gasteiger charge is -2.27. The summed E-state index contributed by atoms with van der Waals surface area (Å²) in [6.07, 6.45) is 1.17. The molecule has 1 aromatic heterocycles. The number of aromatic amines is 1. The topological polar surface area (TPSA) is 118 Å². The van der Waals surface area contributed by atoms with Crippen LogP contribution in [0.2, 0.25) is 0 Å². The molecule has 21 heavy (non-hydrogen) atoms. The summed E-state index contributed by atoms with van der Waals surface area (Å²) in [4.78, 5) is 12.1. The van der Waals surface area contributed by atoms with E-state index in [1.807, 2.05) is 34.6 Å². The van der Waals surface area contributed by atoms with E-state index in [1.165, 1.54) is 0 Å². The van der Waals surface area contributed by atoms with Crippen LogP contribution in [0.1, 0.15) is 57.2 Å². The molecule has 0 aliphatic heterocycles. The summed E-state index contributed by atoms with van der Waals surface area (Å²) >= 11 is 0. The molecule has 0 fully saturated rings. The minimum Gasteiger partial charge on any atom is -0.348 e. The molecular formula is C13H24N4O3S. The molecule has 8 heteroatoms. The highest BCUT2D eigenvalue weighted by Gasteiger charge is 2.29. The number of carbonyl (C=O) groups excluding carboxylic acids is 1. The lowest BCUT2D eigenvalue weighted by Crippen LogP contribution is -2.42. The summed E-state index contributed by atoms with van der Waals surface area (Å²) in [5.74, 6) is -0.542. The Morgan fingerprint density at radius 1 is 1.43 bits per heavy atom. The fourth-order valence-electron chi connectivity index (χ4n) is 1.73. The molecule has 0 aliphatic carbocycles. The maximum atomic E-state index is 12.3. The van der Waals surface area contributed by atoms with Crippen LogP contribution in [0.25, 0.3) is 0 Å². The zero-order chi connectivity index (χ0) is 16.4.